The van der Waals surface area contributed by atoms with Gasteiger partial charge < -0.3 is 10.4 Å². The Labute approximate surface area is 118 Å². The Kier molecular flexibility index (Phi) is 4.75. The summed E-state index contributed by atoms with van der Waals surface area (Å²) < 4.78 is 13.7. The van der Waals surface area contributed by atoms with Crippen molar-refractivity contribution in [3.63, 3.8) is 0 Å². The van der Waals surface area contributed by atoms with E-state index < -0.39 is 11.7 Å². The molecule has 0 spiro atoms. The molecule has 20 heavy (non-hydrogen) atoms. The number of aliphatic hydroxyl groups is 1. The van der Waals surface area contributed by atoms with Gasteiger partial charge in [-0.2, -0.15) is 0 Å². The topological polar surface area (TPSA) is 49.3 Å². The lowest BCUT2D eigenvalue weighted by molar-refractivity contribution is 0.0931. The van der Waals surface area contributed by atoms with E-state index in [0.717, 1.165) is 12.8 Å². The molecule has 0 aliphatic heterocycles. The molecule has 1 aromatic rings. The molecule has 0 saturated heterocycles. The summed E-state index contributed by atoms with van der Waals surface area (Å²) in [5.41, 5.74) is 0.595. The smallest absolute Gasteiger partial charge is 0.254 e. The first-order chi connectivity index (χ1) is 9.61. The number of hydrogen-bond donors (Lipinski definition) is 2. The van der Waals surface area contributed by atoms with Crippen LogP contribution in [0.15, 0.2) is 18.2 Å². The van der Waals surface area contributed by atoms with Gasteiger partial charge in [-0.05, 0) is 43.9 Å². The van der Waals surface area contributed by atoms with Gasteiger partial charge in [0.25, 0.3) is 5.91 Å². The molecule has 1 atom stereocenters. The molecule has 1 aliphatic carbocycles. The van der Waals surface area contributed by atoms with Crippen LogP contribution in [-0.4, -0.2) is 23.7 Å². The van der Waals surface area contributed by atoms with Crippen molar-refractivity contribution in [1.29, 1.82) is 0 Å². The zero-order valence-corrected chi connectivity index (χ0v) is 11.4. The van der Waals surface area contributed by atoms with Crippen LogP contribution in [0.25, 0.3) is 0 Å². The van der Waals surface area contributed by atoms with Gasteiger partial charge in [-0.15, -0.1) is 0 Å². The summed E-state index contributed by atoms with van der Waals surface area (Å²) in [6.07, 6.45) is 2.60. The number of benzene rings is 1. The Bertz CT molecular complexity index is 555. The molecule has 2 rings (SSSR count). The van der Waals surface area contributed by atoms with Crippen LogP contribution in [0.4, 0.5) is 4.39 Å². The maximum Gasteiger partial charge on any atom is 0.254 e. The molecule has 0 radical (unpaired) electrons. The minimum atomic E-state index is -0.543. The zero-order valence-electron chi connectivity index (χ0n) is 11.4. The van der Waals surface area contributed by atoms with Gasteiger partial charge >= 0.3 is 0 Å². The van der Waals surface area contributed by atoms with E-state index in [-0.39, 0.29) is 18.2 Å². The number of carbonyl (C=O) groups excluding carboxylic acids is 1. The SMILES string of the molecule is CC(NC(=O)c1cc(C#CCCO)ccc1F)C1CC1. The first kappa shape index (κ1) is 14.5. The van der Waals surface area contributed by atoms with Crippen LogP contribution in [-0.2, 0) is 0 Å². The number of aliphatic hydroxyl groups excluding tert-OH is 1. The highest BCUT2D eigenvalue weighted by molar-refractivity contribution is 5.95. The second-order valence-corrected chi connectivity index (χ2v) is 5.07. The summed E-state index contributed by atoms with van der Waals surface area (Å²) in [6.45, 7) is 1.93. The minimum absolute atomic E-state index is 0.0135. The largest absolute Gasteiger partial charge is 0.395 e. The highest BCUT2D eigenvalue weighted by atomic mass is 19.1. The summed E-state index contributed by atoms with van der Waals surface area (Å²) in [5.74, 6) is 5.14. The van der Waals surface area contributed by atoms with Gasteiger partial charge in [0.2, 0.25) is 0 Å². The Hall–Kier alpha value is -1.86. The summed E-state index contributed by atoms with van der Waals surface area (Å²) in [6, 6.07) is 4.31. The second kappa shape index (κ2) is 6.53. The molecule has 0 heterocycles. The Morgan fingerprint density at radius 3 is 2.95 bits per heavy atom. The number of carbonyl (C=O) groups is 1. The van der Waals surface area contributed by atoms with Crippen molar-refractivity contribution < 1.29 is 14.3 Å². The fourth-order valence-electron chi connectivity index (χ4n) is 2.00. The Morgan fingerprint density at radius 1 is 1.55 bits per heavy atom. The molecule has 106 valence electrons. The van der Waals surface area contributed by atoms with Gasteiger partial charge in [0.15, 0.2) is 0 Å². The van der Waals surface area contributed by atoms with Gasteiger partial charge in [-0.1, -0.05) is 11.8 Å². The summed E-state index contributed by atoms with van der Waals surface area (Å²) in [5, 5.41) is 11.5. The third kappa shape index (κ3) is 3.82. The van der Waals surface area contributed by atoms with E-state index in [1.54, 1.807) is 0 Å². The first-order valence-electron chi connectivity index (χ1n) is 6.82. The fraction of sp³-hybridized carbons (Fsp3) is 0.438. The standard InChI is InChI=1S/C16H18FNO2/c1-11(13-6-7-13)18-16(20)14-10-12(4-2-3-9-19)5-8-15(14)17/h5,8,10-11,13,19H,3,6-7,9H2,1H3,(H,18,20). The molecule has 4 heteroatoms. The summed E-state index contributed by atoms with van der Waals surface area (Å²) in [4.78, 5) is 12.1. The van der Waals surface area contributed by atoms with Crippen LogP contribution in [0.5, 0.6) is 0 Å². The number of nitrogens with one attached hydrogen (secondary N) is 1. The van der Waals surface area contributed by atoms with Crippen molar-refractivity contribution in [3.05, 3.63) is 35.1 Å². The van der Waals surface area contributed by atoms with Gasteiger partial charge in [0.05, 0.1) is 12.2 Å². The Balaban J connectivity index is 2.11. The predicted molar refractivity (Wildman–Crippen MR) is 74.6 cm³/mol. The summed E-state index contributed by atoms with van der Waals surface area (Å²) in [7, 11) is 0. The van der Waals surface area contributed by atoms with Crippen molar-refractivity contribution in [2.45, 2.75) is 32.2 Å². The highest BCUT2D eigenvalue weighted by Crippen LogP contribution is 2.32. The van der Waals surface area contributed by atoms with Crippen LogP contribution in [0.2, 0.25) is 0 Å². The Morgan fingerprint density at radius 2 is 2.30 bits per heavy atom. The maximum atomic E-state index is 13.7. The third-order valence-corrected chi connectivity index (χ3v) is 3.37. The van der Waals surface area contributed by atoms with E-state index in [1.807, 2.05) is 6.92 Å². The van der Waals surface area contributed by atoms with E-state index in [4.69, 9.17) is 5.11 Å². The second-order valence-electron chi connectivity index (χ2n) is 5.07. The third-order valence-electron chi connectivity index (χ3n) is 3.37. The van der Waals surface area contributed by atoms with Crippen LogP contribution < -0.4 is 5.32 Å². The van der Waals surface area contributed by atoms with E-state index in [1.165, 1.54) is 18.2 Å². The lowest BCUT2D eigenvalue weighted by Crippen LogP contribution is -2.34. The number of hydrogen-bond acceptors (Lipinski definition) is 2. The first-order valence-corrected chi connectivity index (χ1v) is 6.82. The van der Waals surface area contributed by atoms with E-state index in [2.05, 4.69) is 17.2 Å². The van der Waals surface area contributed by atoms with Crippen LogP contribution in [0.3, 0.4) is 0 Å². The fourth-order valence-corrected chi connectivity index (χ4v) is 2.00. The average molecular weight is 275 g/mol. The van der Waals surface area contributed by atoms with E-state index >= 15 is 0 Å². The normalized spacial score (nSPS) is 15.2. The lowest BCUT2D eigenvalue weighted by Gasteiger charge is -2.13. The maximum absolute atomic E-state index is 13.7. The van der Waals surface area contributed by atoms with Gasteiger partial charge in [-0.25, -0.2) is 4.39 Å². The van der Waals surface area contributed by atoms with Crippen LogP contribution in [0.1, 0.15) is 42.1 Å². The molecule has 1 amide bonds. The van der Waals surface area contributed by atoms with Crippen LogP contribution in [0, 0.1) is 23.6 Å². The zero-order chi connectivity index (χ0) is 14.5. The molecule has 0 aromatic heterocycles. The molecule has 1 aliphatic rings. The predicted octanol–water partition coefficient (Wildman–Crippen LogP) is 2.09. The molecule has 0 bridgehead atoms. The molecule has 1 saturated carbocycles. The molecular weight excluding hydrogens is 257 g/mol. The van der Waals surface area contributed by atoms with Crippen LogP contribution >= 0.6 is 0 Å². The molecule has 3 nitrogen and oxygen atoms in total. The molecule has 1 unspecified atom stereocenters. The van der Waals surface area contributed by atoms with Crippen molar-refractivity contribution in [2.24, 2.45) is 5.92 Å². The monoisotopic (exact) mass is 275 g/mol. The van der Waals surface area contributed by atoms with Crippen molar-refractivity contribution in [3.8, 4) is 11.8 Å². The quantitative estimate of drug-likeness (QED) is 0.827. The highest BCUT2D eigenvalue weighted by Gasteiger charge is 2.29. The number of amides is 1. The minimum Gasteiger partial charge on any atom is -0.395 e. The number of halogens is 1. The van der Waals surface area contributed by atoms with Crippen molar-refractivity contribution in [1.82, 2.24) is 5.32 Å². The van der Waals surface area contributed by atoms with Gasteiger partial charge in [0.1, 0.15) is 5.82 Å². The van der Waals surface area contributed by atoms with Gasteiger partial charge in [0, 0.05) is 18.0 Å². The number of rotatable bonds is 4. The van der Waals surface area contributed by atoms with Crippen molar-refractivity contribution >= 4 is 5.91 Å². The molecular formula is C16H18FNO2. The molecule has 1 aromatic carbocycles. The molecule has 1 fully saturated rings. The molecule has 2 N–H and O–H groups in total. The van der Waals surface area contributed by atoms with Crippen molar-refractivity contribution in [2.75, 3.05) is 6.61 Å². The van der Waals surface area contributed by atoms with Gasteiger partial charge in [-0.3, -0.25) is 4.79 Å². The summed E-state index contributed by atoms with van der Waals surface area (Å²) >= 11 is 0. The van der Waals surface area contributed by atoms with E-state index in [9.17, 15) is 9.18 Å². The lowest BCUT2D eigenvalue weighted by atomic mass is 10.1. The van der Waals surface area contributed by atoms with E-state index in [0.29, 0.717) is 17.9 Å². The average Bonchev–Trinajstić information content (AvgIpc) is 3.25.